The number of rotatable bonds is 40. The lowest BCUT2D eigenvalue weighted by molar-refractivity contribution is -0.167. The number of carbonyl (C=O) groups excluding carboxylic acids is 3. The molecule has 0 aliphatic rings. The lowest BCUT2D eigenvalue weighted by Crippen LogP contribution is -2.30. The molecule has 0 aromatic heterocycles. The molecule has 0 aromatic carbocycles. The van der Waals surface area contributed by atoms with Crippen molar-refractivity contribution in [3.05, 3.63) is 0 Å². The molecule has 0 unspecified atom stereocenters. The predicted molar refractivity (Wildman–Crippen MR) is 220 cm³/mol. The first-order valence-corrected chi connectivity index (χ1v) is 22.7. The highest BCUT2D eigenvalue weighted by molar-refractivity contribution is 5.71. The number of ether oxygens (including phenoxy) is 3. The summed E-state index contributed by atoms with van der Waals surface area (Å²) < 4.78 is 16.7. The van der Waals surface area contributed by atoms with Gasteiger partial charge in [-0.2, -0.15) is 0 Å². The molecule has 52 heavy (non-hydrogen) atoms. The minimum Gasteiger partial charge on any atom is -0.462 e. The van der Waals surface area contributed by atoms with E-state index in [2.05, 4.69) is 34.6 Å². The van der Waals surface area contributed by atoms with Crippen LogP contribution in [0.15, 0.2) is 0 Å². The number of unbranched alkanes of at least 4 members (excludes halogenated alkanes) is 25. The molecule has 0 saturated carbocycles. The van der Waals surface area contributed by atoms with Crippen LogP contribution in [0.5, 0.6) is 0 Å². The third-order valence-corrected chi connectivity index (χ3v) is 10.2. The van der Waals surface area contributed by atoms with E-state index in [9.17, 15) is 14.4 Å². The first-order chi connectivity index (χ1) is 25.2. The van der Waals surface area contributed by atoms with Crippen molar-refractivity contribution in [2.45, 2.75) is 253 Å². The zero-order valence-electron chi connectivity index (χ0n) is 35.4. The smallest absolute Gasteiger partial charge is 0.306 e. The van der Waals surface area contributed by atoms with Crippen molar-refractivity contribution in [1.82, 2.24) is 0 Å². The summed E-state index contributed by atoms with van der Waals surface area (Å²) in [7, 11) is 0. The van der Waals surface area contributed by atoms with Gasteiger partial charge in [-0.3, -0.25) is 14.4 Å². The summed E-state index contributed by atoms with van der Waals surface area (Å²) in [6, 6.07) is 0. The molecule has 0 spiro atoms. The van der Waals surface area contributed by atoms with Gasteiger partial charge in [-0.1, -0.05) is 208 Å². The Labute approximate surface area is 323 Å². The molecule has 1 atom stereocenters. The molecular formula is C46H88O6. The fraction of sp³-hybridized carbons (Fsp3) is 0.935. The lowest BCUT2D eigenvalue weighted by atomic mass is 10.0. The minimum absolute atomic E-state index is 0.0653. The quantitative estimate of drug-likeness (QED) is 0.0354. The van der Waals surface area contributed by atoms with Crippen molar-refractivity contribution in [3.63, 3.8) is 0 Å². The molecule has 0 radical (unpaired) electrons. The standard InChI is InChI=1S/C46H88O6/c1-6-7-8-9-10-14-21-26-31-36-44(47)50-39-43(40-51-45(48)37-32-27-22-18-13-16-20-25-30-35-42(4)5)52-46(49)38-33-28-23-17-12-11-15-19-24-29-34-41(2)3/h41-43H,6-40H2,1-5H3/t43-/m0/s1. The van der Waals surface area contributed by atoms with Crippen LogP contribution < -0.4 is 0 Å². The van der Waals surface area contributed by atoms with Crippen LogP contribution in [0.3, 0.4) is 0 Å². The SMILES string of the molecule is CCCCCCCCCCCC(=O)OC[C@@H](COC(=O)CCCCCCCCCCCC(C)C)OC(=O)CCCCCCCCCCCCC(C)C. The Hall–Kier alpha value is -1.59. The first kappa shape index (κ1) is 50.4. The summed E-state index contributed by atoms with van der Waals surface area (Å²) in [4.78, 5) is 37.6. The van der Waals surface area contributed by atoms with E-state index < -0.39 is 6.10 Å². The van der Waals surface area contributed by atoms with Crippen LogP contribution in [-0.2, 0) is 28.6 Å². The zero-order valence-corrected chi connectivity index (χ0v) is 35.4. The van der Waals surface area contributed by atoms with Gasteiger partial charge in [0.1, 0.15) is 13.2 Å². The average Bonchev–Trinajstić information content (AvgIpc) is 3.11. The van der Waals surface area contributed by atoms with Crippen LogP contribution in [0.4, 0.5) is 0 Å². The maximum atomic E-state index is 12.7. The van der Waals surface area contributed by atoms with E-state index in [1.165, 1.54) is 135 Å². The van der Waals surface area contributed by atoms with Crippen LogP contribution in [0.2, 0.25) is 0 Å². The molecule has 0 bridgehead atoms. The van der Waals surface area contributed by atoms with E-state index >= 15 is 0 Å². The predicted octanol–water partition coefficient (Wildman–Crippen LogP) is 14.2. The highest BCUT2D eigenvalue weighted by atomic mass is 16.6. The number of esters is 3. The van der Waals surface area contributed by atoms with Gasteiger partial charge in [-0.05, 0) is 31.1 Å². The van der Waals surface area contributed by atoms with Crippen LogP contribution in [-0.4, -0.2) is 37.2 Å². The summed E-state index contributed by atoms with van der Waals surface area (Å²) in [5.74, 6) is 0.764. The van der Waals surface area contributed by atoms with Gasteiger partial charge >= 0.3 is 17.9 Å². The Morgan fingerprint density at radius 2 is 0.635 bits per heavy atom. The molecule has 0 N–H and O–H groups in total. The summed E-state index contributed by atoms with van der Waals surface area (Å²) in [6.07, 6.45) is 36.6. The van der Waals surface area contributed by atoms with Gasteiger partial charge in [0.25, 0.3) is 0 Å². The minimum atomic E-state index is -0.760. The molecule has 0 amide bonds. The molecule has 0 aliphatic heterocycles. The first-order valence-electron chi connectivity index (χ1n) is 22.7. The maximum Gasteiger partial charge on any atom is 0.306 e. The van der Waals surface area contributed by atoms with Gasteiger partial charge in [0.05, 0.1) is 0 Å². The molecule has 0 fully saturated rings. The van der Waals surface area contributed by atoms with Gasteiger partial charge in [-0.15, -0.1) is 0 Å². The Balaban J connectivity index is 4.33. The fourth-order valence-corrected chi connectivity index (χ4v) is 6.75. The third-order valence-electron chi connectivity index (χ3n) is 10.2. The van der Waals surface area contributed by atoms with Crippen LogP contribution in [0, 0.1) is 11.8 Å². The molecule has 0 aromatic rings. The average molecular weight is 737 g/mol. The van der Waals surface area contributed by atoms with Crippen molar-refractivity contribution in [3.8, 4) is 0 Å². The van der Waals surface area contributed by atoms with Gasteiger partial charge in [0, 0.05) is 19.3 Å². The monoisotopic (exact) mass is 737 g/mol. The van der Waals surface area contributed by atoms with E-state index in [1.54, 1.807) is 0 Å². The van der Waals surface area contributed by atoms with Crippen LogP contribution in [0.25, 0.3) is 0 Å². The maximum absolute atomic E-state index is 12.7. The van der Waals surface area contributed by atoms with Crippen LogP contribution in [0.1, 0.15) is 247 Å². The molecular weight excluding hydrogens is 649 g/mol. The third kappa shape index (κ3) is 39.6. The normalized spacial score (nSPS) is 12.1. The largest absolute Gasteiger partial charge is 0.462 e. The second kappa shape index (κ2) is 39.1. The Morgan fingerprint density at radius 1 is 0.365 bits per heavy atom. The van der Waals surface area contributed by atoms with Crippen molar-refractivity contribution in [1.29, 1.82) is 0 Å². The zero-order chi connectivity index (χ0) is 38.3. The summed E-state index contributed by atoms with van der Waals surface area (Å²) in [5, 5.41) is 0. The highest BCUT2D eigenvalue weighted by Gasteiger charge is 2.19. The van der Waals surface area contributed by atoms with Gasteiger partial charge < -0.3 is 14.2 Å². The molecule has 0 heterocycles. The van der Waals surface area contributed by atoms with E-state index in [4.69, 9.17) is 14.2 Å². The Morgan fingerprint density at radius 3 is 0.942 bits per heavy atom. The van der Waals surface area contributed by atoms with Crippen molar-refractivity contribution < 1.29 is 28.6 Å². The molecule has 0 rings (SSSR count). The van der Waals surface area contributed by atoms with E-state index in [0.29, 0.717) is 19.3 Å². The summed E-state index contributed by atoms with van der Waals surface area (Å²) in [5.41, 5.74) is 0. The molecule has 308 valence electrons. The Kier molecular flexibility index (Phi) is 37.9. The van der Waals surface area contributed by atoms with Crippen molar-refractivity contribution in [2.24, 2.45) is 11.8 Å². The van der Waals surface area contributed by atoms with Gasteiger partial charge in [0.2, 0.25) is 0 Å². The van der Waals surface area contributed by atoms with E-state index in [-0.39, 0.29) is 31.1 Å². The van der Waals surface area contributed by atoms with Crippen molar-refractivity contribution in [2.75, 3.05) is 13.2 Å². The second-order valence-electron chi connectivity index (χ2n) is 16.6. The molecule has 0 saturated heterocycles. The molecule has 6 nitrogen and oxygen atoms in total. The fourth-order valence-electron chi connectivity index (χ4n) is 6.75. The van der Waals surface area contributed by atoms with E-state index in [1.807, 2.05) is 0 Å². The Bertz CT molecular complexity index is 794. The van der Waals surface area contributed by atoms with Crippen molar-refractivity contribution >= 4 is 17.9 Å². The topological polar surface area (TPSA) is 78.9 Å². The number of carbonyl (C=O) groups is 3. The number of hydrogen-bond donors (Lipinski definition) is 0. The second-order valence-corrected chi connectivity index (χ2v) is 16.6. The highest BCUT2D eigenvalue weighted by Crippen LogP contribution is 2.16. The van der Waals surface area contributed by atoms with Crippen LogP contribution >= 0.6 is 0 Å². The van der Waals surface area contributed by atoms with Gasteiger partial charge in [0.15, 0.2) is 6.10 Å². The molecule has 6 heteroatoms. The number of hydrogen-bond acceptors (Lipinski definition) is 6. The lowest BCUT2D eigenvalue weighted by Gasteiger charge is -2.18. The van der Waals surface area contributed by atoms with E-state index in [0.717, 1.165) is 69.6 Å². The molecule has 0 aliphatic carbocycles. The van der Waals surface area contributed by atoms with Gasteiger partial charge in [-0.25, -0.2) is 0 Å². The summed E-state index contributed by atoms with van der Waals surface area (Å²) in [6.45, 7) is 11.3. The summed E-state index contributed by atoms with van der Waals surface area (Å²) >= 11 is 0.